The van der Waals surface area contributed by atoms with Crippen LogP contribution >= 0.6 is 0 Å². The lowest BCUT2D eigenvalue weighted by molar-refractivity contribution is 0.547. The van der Waals surface area contributed by atoms with E-state index in [-0.39, 0.29) is 11.9 Å². The van der Waals surface area contributed by atoms with Gasteiger partial charge in [-0.3, -0.25) is 0 Å². The fourth-order valence-corrected chi connectivity index (χ4v) is 2.22. The monoisotopic (exact) mass is 266 g/mol. The van der Waals surface area contributed by atoms with Crippen molar-refractivity contribution in [3.63, 3.8) is 0 Å². The summed E-state index contributed by atoms with van der Waals surface area (Å²) in [6.07, 6.45) is 1.11. The highest BCUT2D eigenvalue weighted by molar-refractivity contribution is 5.49. The van der Waals surface area contributed by atoms with Crippen LogP contribution in [-0.4, -0.2) is 20.1 Å². The lowest BCUT2D eigenvalue weighted by Gasteiger charge is -2.24. The second-order valence-electron chi connectivity index (χ2n) is 5.38. The fourth-order valence-electron chi connectivity index (χ4n) is 2.22. The molecule has 19 heavy (non-hydrogen) atoms. The molecule has 1 rings (SSSR count). The summed E-state index contributed by atoms with van der Waals surface area (Å²) in [5, 5.41) is 3.30. The number of hydrogen-bond acceptors (Lipinski definition) is 2. The van der Waals surface area contributed by atoms with Crippen LogP contribution in [0.25, 0.3) is 0 Å². The molecule has 0 saturated heterocycles. The van der Waals surface area contributed by atoms with Crippen LogP contribution in [-0.2, 0) is 0 Å². The van der Waals surface area contributed by atoms with Crippen LogP contribution in [0, 0.1) is 11.7 Å². The van der Waals surface area contributed by atoms with Gasteiger partial charge < -0.3 is 10.2 Å². The number of anilines is 1. The van der Waals surface area contributed by atoms with E-state index in [9.17, 15) is 4.39 Å². The van der Waals surface area contributed by atoms with Crippen molar-refractivity contribution in [3.8, 4) is 0 Å². The molecule has 1 N–H and O–H groups in total. The van der Waals surface area contributed by atoms with Crippen molar-refractivity contribution in [1.82, 2.24) is 5.32 Å². The summed E-state index contributed by atoms with van der Waals surface area (Å²) >= 11 is 0. The minimum absolute atomic E-state index is 0.131. The average molecular weight is 266 g/mol. The zero-order valence-corrected chi connectivity index (χ0v) is 12.8. The van der Waals surface area contributed by atoms with Crippen LogP contribution in [0.3, 0.4) is 0 Å². The maximum Gasteiger partial charge on any atom is 0.146 e. The van der Waals surface area contributed by atoms with Gasteiger partial charge in [0.15, 0.2) is 0 Å². The molecule has 2 atom stereocenters. The van der Waals surface area contributed by atoms with Crippen LogP contribution < -0.4 is 10.2 Å². The summed E-state index contributed by atoms with van der Waals surface area (Å²) in [7, 11) is 1.96. The summed E-state index contributed by atoms with van der Waals surface area (Å²) in [6.45, 7) is 10.2. The van der Waals surface area contributed by atoms with E-state index in [1.54, 1.807) is 6.07 Å². The standard InChI is InChI=1S/C16H27FN2/c1-6-12(3)11-19(5)16-9-8-14(10-15(16)17)13(4)18-7-2/h8-10,12-13,18H,6-7,11H2,1-5H3. The first-order valence-corrected chi connectivity index (χ1v) is 7.23. The molecule has 0 aromatic heterocycles. The number of rotatable bonds is 7. The Morgan fingerprint density at radius 1 is 1.26 bits per heavy atom. The van der Waals surface area contributed by atoms with E-state index < -0.39 is 0 Å². The zero-order chi connectivity index (χ0) is 14.4. The van der Waals surface area contributed by atoms with E-state index in [0.717, 1.165) is 25.1 Å². The number of benzene rings is 1. The van der Waals surface area contributed by atoms with Crippen molar-refractivity contribution in [1.29, 1.82) is 0 Å². The van der Waals surface area contributed by atoms with Crippen molar-refractivity contribution in [3.05, 3.63) is 29.6 Å². The number of halogens is 1. The Balaban J connectivity index is 2.82. The second kappa shape index (κ2) is 7.49. The first-order chi connectivity index (χ1) is 8.99. The predicted molar refractivity (Wildman–Crippen MR) is 81.2 cm³/mol. The molecule has 0 spiro atoms. The van der Waals surface area contributed by atoms with E-state index in [4.69, 9.17) is 0 Å². The Hall–Kier alpha value is -1.09. The Labute approximate surface area is 117 Å². The molecule has 1 aromatic rings. The van der Waals surface area contributed by atoms with Gasteiger partial charge in [-0.15, -0.1) is 0 Å². The highest BCUT2D eigenvalue weighted by Crippen LogP contribution is 2.23. The van der Waals surface area contributed by atoms with Gasteiger partial charge in [0.1, 0.15) is 5.82 Å². The van der Waals surface area contributed by atoms with Crippen LogP contribution in [0.2, 0.25) is 0 Å². The molecule has 0 heterocycles. The lowest BCUT2D eigenvalue weighted by Crippen LogP contribution is -2.25. The summed E-state index contributed by atoms with van der Waals surface area (Å²) in [5.74, 6) is 0.442. The molecule has 0 aliphatic heterocycles. The highest BCUT2D eigenvalue weighted by atomic mass is 19.1. The molecule has 3 heteroatoms. The van der Waals surface area contributed by atoms with Crippen molar-refractivity contribution in [2.45, 2.75) is 40.2 Å². The Bertz CT molecular complexity index is 392. The quantitative estimate of drug-likeness (QED) is 0.803. The van der Waals surface area contributed by atoms with Gasteiger partial charge >= 0.3 is 0 Å². The average Bonchev–Trinajstić information content (AvgIpc) is 2.38. The third-order valence-electron chi connectivity index (χ3n) is 3.68. The molecule has 0 fully saturated rings. The Kier molecular flexibility index (Phi) is 6.29. The minimum atomic E-state index is -0.131. The first-order valence-electron chi connectivity index (χ1n) is 7.23. The first kappa shape index (κ1) is 16.0. The largest absolute Gasteiger partial charge is 0.372 e. The van der Waals surface area contributed by atoms with Crippen molar-refractivity contribution >= 4 is 5.69 Å². The van der Waals surface area contributed by atoms with Crippen LogP contribution in [0.15, 0.2) is 18.2 Å². The summed E-state index contributed by atoms with van der Waals surface area (Å²) < 4.78 is 14.2. The number of nitrogens with one attached hydrogen (secondary N) is 1. The van der Waals surface area contributed by atoms with Gasteiger partial charge in [0.25, 0.3) is 0 Å². The highest BCUT2D eigenvalue weighted by Gasteiger charge is 2.12. The molecule has 2 unspecified atom stereocenters. The van der Waals surface area contributed by atoms with Gasteiger partial charge in [0, 0.05) is 19.6 Å². The third-order valence-corrected chi connectivity index (χ3v) is 3.68. The van der Waals surface area contributed by atoms with Crippen LogP contribution in [0.5, 0.6) is 0 Å². The molecule has 0 saturated carbocycles. The van der Waals surface area contributed by atoms with Crippen LogP contribution in [0.4, 0.5) is 10.1 Å². The molecular weight excluding hydrogens is 239 g/mol. The SMILES string of the molecule is CCNC(C)c1ccc(N(C)CC(C)CC)c(F)c1. The molecule has 108 valence electrons. The molecule has 2 nitrogen and oxygen atoms in total. The maximum atomic E-state index is 14.2. The maximum absolute atomic E-state index is 14.2. The Morgan fingerprint density at radius 2 is 1.95 bits per heavy atom. The van der Waals surface area contributed by atoms with Gasteiger partial charge in [0.2, 0.25) is 0 Å². The molecule has 0 aliphatic carbocycles. The smallest absolute Gasteiger partial charge is 0.146 e. The number of hydrogen-bond donors (Lipinski definition) is 1. The zero-order valence-electron chi connectivity index (χ0n) is 12.8. The number of nitrogens with zero attached hydrogens (tertiary/aromatic N) is 1. The van der Waals surface area contributed by atoms with E-state index in [1.165, 1.54) is 0 Å². The molecule has 0 aliphatic rings. The summed E-state index contributed by atoms with van der Waals surface area (Å²) in [5.41, 5.74) is 1.69. The van der Waals surface area contributed by atoms with E-state index >= 15 is 0 Å². The fraction of sp³-hybridized carbons (Fsp3) is 0.625. The Morgan fingerprint density at radius 3 is 2.47 bits per heavy atom. The normalized spacial score (nSPS) is 14.2. The minimum Gasteiger partial charge on any atom is -0.372 e. The topological polar surface area (TPSA) is 15.3 Å². The van der Waals surface area contributed by atoms with Gasteiger partial charge in [-0.2, -0.15) is 0 Å². The van der Waals surface area contributed by atoms with Gasteiger partial charge in [-0.25, -0.2) is 4.39 Å². The van der Waals surface area contributed by atoms with Crippen LogP contribution in [0.1, 0.15) is 45.7 Å². The van der Waals surface area contributed by atoms with E-state index in [1.807, 2.05) is 24.1 Å². The van der Waals surface area contributed by atoms with E-state index in [2.05, 4.69) is 33.0 Å². The molecular formula is C16H27FN2. The molecule has 0 radical (unpaired) electrons. The van der Waals surface area contributed by atoms with Gasteiger partial charge in [-0.1, -0.05) is 33.3 Å². The van der Waals surface area contributed by atoms with Gasteiger partial charge in [0.05, 0.1) is 5.69 Å². The van der Waals surface area contributed by atoms with Crippen molar-refractivity contribution in [2.75, 3.05) is 25.0 Å². The molecule has 1 aromatic carbocycles. The second-order valence-corrected chi connectivity index (χ2v) is 5.38. The molecule has 0 bridgehead atoms. The van der Waals surface area contributed by atoms with Crippen molar-refractivity contribution < 1.29 is 4.39 Å². The van der Waals surface area contributed by atoms with Crippen molar-refractivity contribution in [2.24, 2.45) is 5.92 Å². The van der Waals surface area contributed by atoms with Gasteiger partial charge in [-0.05, 0) is 37.1 Å². The lowest BCUT2D eigenvalue weighted by atomic mass is 10.1. The predicted octanol–water partition coefficient (Wildman–Crippen LogP) is 3.98. The third kappa shape index (κ3) is 4.50. The summed E-state index contributed by atoms with van der Waals surface area (Å²) in [4.78, 5) is 2.01. The summed E-state index contributed by atoms with van der Waals surface area (Å²) in [6, 6.07) is 5.74. The van der Waals surface area contributed by atoms with E-state index in [0.29, 0.717) is 11.6 Å². The molecule has 0 amide bonds.